The molecule has 3 aromatic rings. The molecule has 24 heavy (non-hydrogen) atoms. The summed E-state index contributed by atoms with van der Waals surface area (Å²) in [5, 5.41) is 4.03. The molecule has 0 aliphatic rings. The smallest absolute Gasteiger partial charge is 0.437 e. The van der Waals surface area contributed by atoms with Crippen LogP contribution in [0, 0.1) is 6.92 Å². The molecule has 0 saturated carbocycles. The third kappa shape index (κ3) is 3.60. The summed E-state index contributed by atoms with van der Waals surface area (Å²) in [7, 11) is 0. The van der Waals surface area contributed by atoms with Crippen LogP contribution in [0.1, 0.15) is 11.1 Å². The van der Waals surface area contributed by atoms with Crippen LogP contribution in [0.15, 0.2) is 63.8 Å². The van der Waals surface area contributed by atoms with E-state index in [1.165, 1.54) is 0 Å². The molecule has 0 aliphatic heterocycles. The molecule has 0 unspecified atom stereocenters. The molecule has 0 atom stereocenters. The molecule has 0 fully saturated rings. The number of aryl methyl sites for hydroxylation is 1. The van der Waals surface area contributed by atoms with Gasteiger partial charge in [-0.3, -0.25) is 4.79 Å². The van der Waals surface area contributed by atoms with Crippen molar-refractivity contribution in [2.45, 2.75) is 20.1 Å². The first-order valence-electron chi connectivity index (χ1n) is 7.47. The zero-order valence-corrected chi connectivity index (χ0v) is 13.1. The summed E-state index contributed by atoms with van der Waals surface area (Å²) >= 11 is 0. The van der Waals surface area contributed by atoms with Crippen LogP contribution < -0.4 is 5.76 Å². The zero-order chi connectivity index (χ0) is 16.9. The highest BCUT2D eigenvalue weighted by atomic mass is 16.5. The van der Waals surface area contributed by atoms with E-state index in [-0.39, 0.29) is 19.0 Å². The summed E-state index contributed by atoms with van der Waals surface area (Å²) in [6, 6.07) is 16.6. The van der Waals surface area contributed by atoms with Gasteiger partial charge in [0.15, 0.2) is 0 Å². The highest BCUT2D eigenvalue weighted by molar-refractivity contribution is 5.69. The number of nitrogens with zero attached hydrogens (tertiary/aromatic N) is 2. The Kier molecular flexibility index (Phi) is 4.56. The summed E-state index contributed by atoms with van der Waals surface area (Å²) in [6.07, 6.45) is 0. The Morgan fingerprint density at radius 3 is 2.58 bits per heavy atom. The van der Waals surface area contributed by atoms with Gasteiger partial charge >= 0.3 is 11.7 Å². The van der Waals surface area contributed by atoms with E-state index in [1.807, 2.05) is 49.4 Å². The van der Waals surface area contributed by atoms with Gasteiger partial charge in [-0.2, -0.15) is 4.68 Å². The monoisotopic (exact) mass is 324 g/mol. The molecule has 0 N–H and O–H groups in total. The van der Waals surface area contributed by atoms with Gasteiger partial charge < -0.3 is 9.15 Å². The number of hydrogen-bond donors (Lipinski definition) is 0. The molecule has 2 aromatic carbocycles. The summed E-state index contributed by atoms with van der Waals surface area (Å²) in [4.78, 5) is 23.7. The first kappa shape index (κ1) is 15.7. The van der Waals surface area contributed by atoms with E-state index in [0.29, 0.717) is 5.56 Å². The predicted molar refractivity (Wildman–Crippen MR) is 87.2 cm³/mol. The average Bonchev–Trinajstić information content (AvgIpc) is 2.96. The maximum Gasteiger partial charge on any atom is 0.437 e. The van der Waals surface area contributed by atoms with Crippen molar-refractivity contribution in [2.75, 3.05) is 0 Å². The van der Waals surface area contributed by atoms with Crippen molar-refractivity contribution in [1.82, 2.24) is 9.78 Å². The van der Waals surface area contributed by atoms with E-state index in [0.717, 1.165) is 15.8 Å². The second kappa shape index (κ2) is 6.95. The number of benzene rings is 2. The lowest BCUT2D eigenvalue weighted by Crippen LogP contribution is -2.23. The lowest BCUT2D eigenvalue weighted by molar-refractivity contribution is -0.146. The number of carbonyl (C=O) groups is 1. The number of ether oxygens (including phenoxy) is 1. The first-order chi connectivity index (χ1) is 11.6. The largest absolute Gasteiger partial charge is 0.459 e. The van der Waals surface area contributed by atoms with Gasteiger partial charge in [0.2, 0.25) is 5.89 Å². The van der Waals surface area contributed by atoms with Gasteiger partial charge in [0.25, 0.3) is 0 Å². The van der Waals surface area contributed by atoms with Gasteiger partial charge in [-0.25, -0.2) is 4.79 Å². The molecule has 0 bridgehead atoms. The highest BCUT2D eigenvalue weighted by Gasteiger charge is 2.14. The highest BCUT2D eigenvalue weighted by Crippen LogP contribution is 2.14. The first-order valence-corrected chi connectivity index (χ1v) is 7.47. The van der Waals surface area contributed by atoms with Gasteiger partial charge in [-0.05, 0) is 30.2 Å². The molecule has 0 radical (unpaired) electrons. The van der Waals surface area contributed by atoms with Crippen LogP contribution in [-0.2, 0) is 22.7 Å². The summed E-state index contributed by atoms with van der Waals surface area (Å²) in [5.74, 6) is -1.07. The fraction of sp³-hybridized carbons (Fsp3) is 0.167. The lowest BCUT2D eigenvalue weighted by atomic mass is 10.1. The van der Waals surface area contributed by atoms with E-state index >= 15 is 0 Å². The van der Waals surface area contributed by atoms with Crippen molar-refractivity contribution >= 4 is 5.97 Å². The quantitative estimate of drug-likeness (QED) is 0.674. The standard InChI is InChI=1S/C18H16N2O4/c1-13-7-5-6-10-15(13)12-23-16(21)11-20-18(22)24-17(19-20)14-8-3-2-4-9-14/h2-10H,11-12H2,1H3. The zero-order valence-electron chi connectivity index (χ0n) is 13.1. The molecular weight excluding hydrogens is 308 g/mol. The molecule has 6 nitrogen and oxygen atoms in total. The van der Waals surface area contributed by atoms with Crippen LogP contribution in [-0.4, -0.2) is 15.7 Å². The number of rotatable bonds is 5. The number of hydrogen-bond acceptors (Lipinski definition) is 5. The van der Waals surface area contributed by atoms with E-state index in [2.05, 4.69) is 5.10 Å². The normalized spacial score (nSPS) is 10.5. The summed E-state index contributed by atoms with van der Waals surface area (Å²) in [6.45, 7) is 1.81. The maximum absolute atomic E-state index is 11.9. The Morgan fingerprint density at radius 2 is 1.83 bits per heavy atom. The van der Waals surface area contributed by atoms with Crippen molar-refractivity contribution < 1.29 is 13.9 Å². The molecule has 122 valence electrons. The Bertz CT molecular complexity index is 897. The Labute approximate surface area is 138 Å². The molecular formula is C18H16N2O4. The van der Waals surface area contributed by atoms with E-state index < -0.39 is 11.7 Å². The molecule has 1 aromatic heterocycles. The molecule has 0 saturated heterocycles. The summed E-state index contributed by atoms with van der Waals surface area (Å²) in [5.41, 5.74) is 2.63. The third-order valence-electron chi connectivity index (χ3n) is 3.56. The fourth-order valence-corrected chi connectivity index (χ4v) is 2.20. The van der Waals surface area contributed by atoms with E-state index in [1.54, 1.807) is 12.1 Å². The minimum Gasteiger partial charge on any atom is -0.459 e. The van der Waals surface area contributed by atoms with Crippen molar-refractivity contribution in [1.29, 1.82) is 0 Å². The Balaban J connectivity index is 1.66. The predicted octanol–water partition coefficient (Wildman–Crippen LogP) is 2.56. The summed E-state index contributed by atoms with van der Waals surface area (Å²) < 4.78 is 11.2. The van der Waals surface area contributed by atoms with Gasteiger partial charge in [0.05, 0.1) is 0 Å². The molecule has 3 rings (SSSR count). The molecule has 0 spiro atoms. The molecule has 0 aliphatic carbocycles. The SMILES string of the molecule is Cc1ccccc1COC(=O)Cn1nc(-c2ccccc2)oc1=O. The fourth-order valence-electron chi connectivity index (χ4n) is 2.20. The van der Waals surface area contributed by atoms with Gasteiger partial charge in [-0.15, -0.1) is 5.10 Å². The lowest BCUT2D eigenvalue weighted by Gasteiger charge is -2.06. The van der Waals surface area contributed by atoms with Crippen LogP contribution in [0.4, 0.5) is 0 Å². The van der Waals surface area contributed by atoms with Gasteiger partial charge in [-0.1, -0.05) is 42.5 Å². The Morgan fingerprint density at radius 1 is 1.12 bits per heavy atom. The van der Waals surface area contributed by atoms with Crippen molar-refractivity contribution in [2.24, 2.45) is 0 Å². The van der Waals surface area contributed by atoms with Crippen molar-refractivity contribution in [3.8, 4) is 11.5 Å². The van der Waals surface area contributed by atoms with E-state index in [4.69, 9.17) is 9.15 Å². The Hall–Kier alpha value is -3.15. The van der Waals surface area contributed by atoms with Crippen LogP contribution in [0.5, 0.6) is 0 Å². The van der Waals surface area contributed by atoms with Crippen molar-refractivity contribution in [3.63, 3.8) is 0 Å². The van der Waals surface area contributed by atoms with Gasteiger partial charge in [0.1, 0.15) is 13.2 Å². The molecule has 6 heteroatoms. The molecule has 0 amide bonds. The third-order valence-corrected chi connectivity index (χ3v) is 3.56. The minimum atomic E-state index is -0.693. The van der Waals surface area contributed by atoms with Crippen LogP contribution >= 0.6 is 0 Å². The number of carbonyl (C=O) groups excluding carboxylic acids is 1. The second-order valence-electron chi connectivity index (χ2n) is 5.28. The maximum atomic E-state index is 11.9. The average molecular weight is 324 g/mol. The van der Waals surface area contributed by atoms with E-state index in [9.17, 15) is 9.59 Å². The topological polar surface area (TPSA) is 74.3 Å². The second-order valence-corrected chi connectivity index (χ2v) is 5.28. The minimum absolute atomic E-state index is 0.156. The molecule has 1 heterocycles. The van der Waals surface area contributed by atoms with Crippen LogP contribution in [0.2, 0.25) is 0 Å². The number of aromatic nitrogens is 2. The van der Waals surface area contributed by atoms with Crippen molar-refractivity contribution in [3.05, 3.63) is 76.3 Å². The number of esters is 1. The van der Waals surface area contributed by atoms with Gasteiger partial charge in [0, 0.05) is 5.56 Å². The van der Waals surface area contributed by atoms with Crippen LogP contribution in [0.3, 0.4) is 0 Å². The van der Waals surface area contributed by atoms with Crippen LogP contribution in [0.25, 0.3) is 11.5 Å².